The number of rotatable bonds is 7. The summed E-state index contributed by atoms with van der Waals surface area (Å²) in [7, 11) is 0. The first-order valence-electron chi connectivity index (χ1n) is 9.26. The fourth-order valence-corrected chi connectivity index (χ4v) is 2.97. The number of pyridine rings is 1. The van der Waals surface area contributed by atoms with Gasteiger partial charge in [0, 0.05) is 17.3 Å². The lowest BCUT2D eigenvalue weighted by atomic mass is 10.2. The van der Waals surface area contributed by atoms with Gasteiger partial charge in [-0.15, -0.1) is 0 Å². The highest BCUT2D eigenvalue weighted by atomic mass is 35.5. The van der Waals surface area contributed by atoms with Crippen LogP contribution in [0, 0.1) is 0 Å². The lowest BCUT2D eigenvalue weighted by Crippen LogP contribution is -2.30. The highest BCUT2D eigenvalue weighted by Crippen LogP contribution is 2.30. The maximum atomic E-state index is 12.6. The molecule has 162 valence electrons. The molecule has 3 aromatic rings. The van der Waals surface area contributed by atoms with Crippen molar-refractivity contribution in [3.63, 3.8) is 0 Å². The number of ether oxygens (including phenoxy) is 1. The lowest BCUT2D eigenvalue weighted by molar-refractivity contribution is -0.137. The molecule has 0 aliphatic heterocycles. The van der Waals surface area contributed by atoms with E-state index in [1.807, 2.05) is 0 Å². The molecule has 0 bridgehead atoms. The minimum absolute atomic E-state index is 0.0658. The highest BCUT2D eigenvalue weighted by Gasteiger charge is 2.30. The molecule has 0 atom stereocenters. The van der Waals surface area contributed by atoms with Crippen LogP contribution in [-0.2, 0) is 12.7 Å². The van der Waals surface area contributed by atoms with E-state index in [0.717, 1.165) is 17.7 Å². The van der Waals surface area contributed by atoms with Crippen LogP contribution in [0.25, 0.3) is 0 Å². The average molecular weight is 451 g/mol. The molecule has 0 aliphatic rings. The Bertz CT molecular complexity index is 1110. The van der Waals surface area contributed by atoms with Gasteiger partial charge in [-0.3, -0.25) is 9.59 Å². The summed E-state index contributed by atoms with van der Waals surface area (Å²) in [5, 5.41) is 3.16. The largest absolute Gasteiger partial charge is 0.492 e. The zero-order valence-electron chi connectivity index (χ0n) is 16.2. The first-order chi connectivity index (χ1) is 14.7. The van der Waals surface area contributed by atoms with Crippen molar-refractivity contribution in [2.45, 2.75) is 12.7 Å². The molecule has 0 saturated carbocycles. The maximum absolute atomic E-state index is 12.6. The molecule has 5 nitrogen and oxygen atoms in total. The average Bonchev–Trinajstić information content (AvgIpc) is 2.74. The molecule has 0 radical (unpaired) electrons. The number of carbonyl (C=O) groups is 1. The van der Waals surface area contributed by atoms with Crippen molar-refractivity contribution in [2.24, 2.45) is 0 Å². The van der Waals surface area contributed by atoms with E-state index in [1.54, 1.807) is 24.3 Å². The summed E-state index contributed by atoms with van der Waals surface area (Å²) in [4.78, 5) is 24.5. The lowest BCUT2D eigenvalue weighted by Gasteiger charge is -2.11. The first kappa shape index (κ1) is 22.4. The van der Waals surface area contributed by atoms with Crippen LogP contribution in [-0.4, -0.2) is 23.6 Å². The molecule has 0 aliphatic carbocycles. The van der Waals surface area contributed by atoms with Crippen LogP contribution >= 0.6 is 11.6 Å². The van der Waals surface area contributed by atoms with Crippen LogP contribution in [0.4, 0.5) is 13.2 Å². The van der Waals surface area contributed by atoms with E-state index in [1.165, 1.54) is 35.0 Å². The van der Waals surface area contributed by atoms with Gasteiger partial charge in [0.1, 0.15) is 12.4 Å². The third-order valence-electron chi connectivity index (χ3n) is 4.38. The molecule has 1 N–H and O–H groups in total. The predicted molar refractivity (Wildman–Crippen MR) is 111 cm³/mol. The maximum Gasteiger partial charge on any atom is 0.416 e. The van der Waals surface area contributed by atoms with Gasteiger partial charge >= 0.3 is 6.18 Å². The van der Waals surface area contributed by atoms with Crippen molar-refractivity contribution in [1.82, 2.24) is 9.88 Å². The summed E-state index contributed by atoms with van der Waals surface area (Å²) in [6.07, 6.45) is -2.97. The van der Waals surface area contributed by atoms with Crippen molar-refractivity contribution >= 4 is 17.5 Å². The SMILES string of the molecule is O=C(NCCOc1ccc(C(F)(F)F)cc1)c1ccc(=O)n(Cc2ccccc2Cl)c1. The number of aromatic nitrogens is 1. The fourth-order valence-electron chi connectivity index (χ4n) is 2.78. The van der Waals surface area contributed by atoms with Gasteiger partial charge in [-0.1, -0.05) is 29.8 Å². The number of hydrogen-bond donors (Lipinski definition) is 1. The minimum Gasteiger partial charge on any atom is -0.492 e. The number of hydrogen-bond acceptors (Lipinski definition) is 3. The molecule has 0 unspecified atom stereocenters. The van der Waals surface area contributed by atoms with Gasteiger partial charge in [0.2, 0.25) is 0 Å². The van der Waals surface area contributed by atoms with Crippen LogP contribution in [0.5, 0.6) is 5.75 Å². The number of nitrogens with one attached hydrogen (secondary N) is 1. The van der Waals surface area contributed by atoms with E-state index in [2.05, 4.69) is 5.32 Å². The molecule has 1 aromatic heterocycles. The van der Waals surface area contributed by atoms with Crippen LogP contribution in [0.3, 0.4) is 0 Å². The summed E-state index contributed by atoms with van der Waals surface area (Å²) >= 11 is 6.13. The minimum atomic E-state index is -4.41. The van der Waals surface area contributed by atoms with Crippen molar-refractivity contribution in [3.05, 3.63) is 98.9 Å². The second-order valence-corrected chi connectivity index (χ2v) is 7.01. The molecule has 1 amide bonds. The fraction of sp³-hybridized carbons (Fsp3) is 0.182. The zero-order chi connectivity index (χ0) is 22.4. The van der Waals surface area contributed by atoms with E-state index in [0.29, 0.717) is 5.02 Å². The zero-order valence-corrected chi connectivity index (χ0v) is 16.9. The summed E-state index contributed by atoms with van der Waals surface area (Å²) in [6.45, 7) is 0.413. The van der Waals surface area contributed by atoms with Gasteiger partial charge in [-0.05, 0) is 42.0 Å². The van der Waals surface area contributed by atoms with Gasteiger partial charge < -0.3 is 14.6 Å². The van der Waals surface area contributed by atoms with E-state index in [9.17, 15) is 22.8 Å². The molecule has 0 saturated heterocycles. The van der Waals surface area contributed by atoms with Gasteiger partial charge in [0.05, 0.1) is 24.2 Å². The van der Waals surface area contributed by atoms with Crippen LogP contribution < -0.4 is 15.6 Å². The van der Waals surface area contributed by atoms with E-state index in [-0.39, 0.29) is 36.6 Å². The summed E-state index contributed by atoms with van der Waals surface area (Å²) in [5.41, 5.74) is -0.0166. The Morgan fingerprint density at radius 2 is 1.74 bits per heavy atom. The Morgan fingerprint density at radius 3 is 2.42 bits per heavy atom. The molecule has 3 rings (SSSR count). The van der Waals surface area contributed by atoms with Gasteiger partial charge in [0.15, 0.2) is 0 Å². The van der Waals surface area contributed by atoms with E-state index >= 15 is 0 Å². The summed E-state index contributed by atoms with van der Waals surface area (Å²) in [6, 6.07) is 14.1. The van der Waals surface area contributed by atoms with E-state index in [4.69, 9.17) is 16.3 Å². The Morgan fingerprint density at radius 1 is 1.03 bits per heavy atom. The van der Waals surface area contributed by atoms with Crippen LogP contribution in [0.15, 0.2) is 71.7 Å². The molecule has 1 heterocycles. The number of carbonyl (C=O) groups excluding carboxylic acids is 1. The van der Waals surface area contributed by atoms with Crippen LogP contribution in [0.1, 0.15) is 21.5 Å². The van der Waals surface area contributed by atoms with Gasteiger partial charge in [0.25, 0.3) is 11.5 Å². The molecular formula is C22H18ClF3N2O3. The molecule has 0 fully saturated rings. The van der Waals surface area contributed by atoms with Crippen molar-refractivity contribution in [1.29, 1.82) is 0 Å². The van der Waals surface area contributed by atoms with Gasteiger partial charge in [-0.25, -0.2) is 0 Å². The molecule has 9 heteroatoms. The van der Waals surface area contributed by atoms with Crippen molar-refractivity contribution in [2.75, 3.05) is 13.2 Å². The monoisotopic (exact) mass is 450 g/mol. The molecule has 0 spiro atoms. The Kier molecular flexibility index (Phi) is 7.02. The number of benzene rings is 2. The van der Waals surface area contributed by atoms with E-state index < -0.39 is 17.6 Å². The number of halogens is 4. The topological polar surface area (TPSA) is 60.3 Å². The second kappa shape index (κ2) is 9.70. The summed E-state index contributed by atoms with van der Waals surface area (Å²) < 4.78 is 44.4. The van der Waals surface area contributed by atoms with Crippen molar-refractivity contribution in [3.8, 4) is 5.75 Å². The number of amides is 1. The normalized spacial score (nSPS) is 11.2. The first-order valence-corrected chi connectivity index (χ1v) is 9.64. The Balaban J connectivity index is 1.55. The molecular weight excluding hydrogens is 433 g/mol. The third kappa shape index (κ3) is 6.11. The molecule has 2 aromatic carbocycles. The highest BCUT2D eigenvalue weighted by molar-refractivity contribution is 6.31. The predicted octanol–water partition coefficient (Wildman–Crippen LogP) is 4.38. The smallest absolute Gasteiger partial charge is 0.416 e. The number of alkyl halides is 3. The summed E-state index contributed by atoms with van der Waals surface area (Å²) in [5.74, 6) is -0.153. The third-order valence-corrected chi connectivity index (χ3v) is 4.75. The number of nitrogens with zero attached hydrogens (tertiary/aromatic N) is 1. The van der Waals surface area contributed by atoms with Gasteiger partial charge in [-0.2, -0.15) is 13.2 Å². The Labute approximate surface area is 181 Å². The van der Waals surface area contributed by atoms with Crippen molar-refractivity contribution < 1.29 is 22.7 Å². The Hall–Kier alpha value is -3.26. The molecule has 31 heavy (non-hydrogen) atoms. The second-order valence-electron chi connectivity index (χ2n) is 6.60. The quantitative estimate of drug-likeness (QED) is 0.543. The standard InChI is InChI=1S/C22H18ClF3N2O3/c23-19-4-2-1-3-15(19)13-28-14-16(5-10-20(28)29)21(30)27-11-12-31-18-8-6-17(7-9-18)22(24,25)26/h1-10,14H,11-13H2,(H,27,30). The van der Waals surface area contributed by atoms with Crippen LogP contribution in [0.2, 0.25) is 5.02 Å².